The maximum absolute atomic E-state index is 11.8. The lowest BCUT2D eigenvalue weighted by atomic mass is 9.69. The highest BCUT2D eigenvalue weighted by Gasteiger charge is 2.47. The normalized spacial score (nSPS) is 29.9. The molecule has 1 heterocycles. The van der Waals surface area contributed by atoms with Crippen molar-refractivity contribution < 1.29 is 19.1 Å². The van der Waals surface area contributed by atoms with Gasteiger partial charge in [0, 0.05) is 6.08 Å². The van der Waals surface area contributed by atoms with Crippen LogP contribution >= 0.6 is 0 Å². The van der Waals surface area contributed by atoms with Gasteiger partial charge in [-0.3, -0.25) is 4.79 Å². The van der Waals surface area contributed by atoms with E-state index in [9.17, 15) is 9.59 Å². The number of carbonyl (C=O) groups is 2. The van der Waals surface area contributed by atoms with Crippen molar-refractivity contribution in [1.82, 2.24) is 0 Å². The van der Waals surface area contributed by atoms with E-state index in [2.05, 4.69) is 0 Å². The van der Waals surface area contributed by atoms with Crippen LogP contribution in [0.3, 0.4) is 0 Å². The van der Waals surface area contributed by atoms with Gasteiger partial charge in [0.25, 0.3) is 0 Å². The molecule has 1 saturated carbocycles. The molecule has 0 saturated heterocycles. The third-order valence-electron chi connectivity index (χ3n) is 3.24. The van der Waals surface area contributed by atoms with Crippen LogP contribution in [0, 0.1) is 5.41 Å². The second kappa shape index (κ2) is 3.68. The number of rotatable bonds is 1. The molecule has 0 aromatic carbocycles. The van der Waals surface area contributed by atoms with Gasteiger partial charge in [-0.2, -0.15) is 0 Å². The minimum Gasteiger partial charge on any atom is -0.468 e. The topological polar surface area (TPSA) is 52.6 Å². The largest absolute Gasteiger partial charge is 0.468 e. The predicted molar refractivity (Wildman–Crippen MR) is 52.0 cm³/mol. The molecule has 0 bridgehead atoms. The summed E-state index contributed by atoms with van der Waals surface area (Å²) in [5, 5.41) is 0. The van der Waals surface area contributed by atoms with Crippen LogP contribution in [0.25, 0.3) is 0 Å². The van der Waals surface area contributed by atoms with Gasteiger partial charge in [-0.05, 0) is 24.8 Å². The Balaban J connectivity index is 2.37. The smallest absolute Gasteiger partial charge is 0.330 e. The van der Waals surface area contributed by atoms with E-state index in [1.54, 1.807) is 0 Å². The highest BCUT2D eigenvalue weighted by molar-refractivity contribution is 5.90. The molecule has 15 heavy (non-hydrogen) atoms. The van der Waals surface area contributed by atoms with Crippen molar-refractivity contribution in [2.75, 3.05) is 13.7 Å². The first-order chi connectivity index (χ1) is 7.19. The lowest BCUT2D eigenvalue weighted by molar-refractivity contribution is -0.160. The molecular weight excluding hydrogens is 196 g/mol. The molecule has 2 aliphatic rings. The van der Waals surface area contributed by atoms with E-state index in [4.69, 9.17) is 9.47 Å². The Labute approximate surface area is 88.2 Å². The van der Waals surface area contributed by atoms with E-state index in [0.717, 1.165) is 31.3 Å². The van der Waals surface area contributed by atoms with Crippen molar-refractivity contribution in [3.05, 3.63) is 11.6 Å². The molecule has 1 aliphatic heterocycles. The standard InChI is InChI=1S/C11H14O4/c1-14-10(13)11-5-3-2-4-8(11)6-9(12)15-7-11/h6H,2-5,7H2,1H3. The first kappa shape index (κ1) is 10.2. The molecule has 82 valence electrons. The number of cyclic esters (lactones) is 1. The summed E-state index contributed by atoms with van der Waals surface area (Å²) in [7, 11) is 1.37. The quantitative estimate of drug-likeness (QED) is 0.610. The van der Waals surface area contributed by atoms with Crippen molar-refractivity contribution in [2.45, 2.75) is 25.7 Å². The van der Waals surface area contributed by atoms with Crippen LogP contribution < -0.4 is 0 Å². The van der Waals surface area contributed by atoms with Crippen LogP contribution in [0.5, 0.6) is 0 Å². The molecular formula is C11H14O4. The van der Waals surface area contributed by atoms with E-state index < -0.39 is 5.41 Å². The van der Waals surface area contributed by atoms with Gasteiger partial charge < -0.3 is 9.47 Å². The number of fused-ring (bicyclic) bond motifs is 1. The fourth-order valence-electron chi connectivity index (χ4n) is 2.38. The molecule has 1 atom stereocenters. The number of hydrogen-bond donors (Lipinski definition) is 0. The highest BCUT2D eigenvalue weighted by Crippen LogP contribution is 2.44. The molecule has 1 aliphatic carbocycles. The number of ether oxygens (including phenoxy) is 2. The summed E-state index contributed by atoms with van der Waals surface area (Å²) in [6.45, 7) is 0.143. The van der Waals surface area contributed by atoms with Gasteiger partial charge in [0.1, 0.15) is 12.0 Å². The fraction of sp³-hybridized carbons (Fsp3) is 0.636. The highest BCUT2D eigenvalue weighted by atomic mass is 16.5. The number of methoxy groups -OCH3 is 1. The molecule has 0 amide bonds. The summed E-state index contributed by atoms with van der Waals surface area (Å²) in [5.41, 5.74) is 0.206. The lowest BCUT2D eigenvalue weighted by Crippen LogP contribution is -2.44. The molecule has 0 N–H and O–H groups in total. The third kappa shape index (κ3) is 1.54. The zero-order valence-electron chi connectivity index (χ0n) is 8.75. The van der Waals surface area contributed by atoms with Gasteiger partial charge in [-0.25, -0.2) is 4.79 Å². The summed E-state index contributed by atoms with van der Waals surface area (Å²) >= 11 is 0. The molecule has 0 spiro atoms. The van der Waals surface area contributed by atoms with Gasteiger partial charge in [-0.15, -0.1) is 0 Å². The Bertz CT molecular complexity index is 331. The first-order valence-electron chi connectivity index (χ1n) is 5.15. The Hall–Kier alpha value is -1.32. The van der Waals surface area contributed by atoms with Crippen LogP contribution in [0.4, 0.5) is 0 Å². The van der Waals surface area contributed by atoms with E-state index in [1.807, 2.05) is 0 Å². The molecule has 0 aromatic rings. The van der Waals surface area contributed by atoms with Crippen LogP contribution in [0.2, 0.25) is 0 Å². The fourth-order valence-corrected chi connectivity index (χ4v) is 2.38. The van der Waals surface area contributed by atoms with Crippen molar-refractivity contribution in [3.8, 4) is 0 Å². The Morgan fingerprint density at radius 1 is 1.53 bits per heavy atom. The summed E-state index contributed by atoms with van der Waals surface area (Å²) in [5.74, 6) is -0.618. The monoisotopic (exact) mass is 210 g/mol. The summed E-state index contributed by atoms with van der Waals surface area (Å²) < 4.78 is 9.77. The molecule has 0 radical (unpaired) electrons. The maximum Gasteiger partial charge on any atom is 0.330 e. The molecule has 1 fully saturated rings. The summed E-state index contributed by atoms with van der Waals surface area (Å²) in [6.07, 6.45) is 4.98. The average molecular weight is 210 g/mol. The van der Waals surface area contributed by atoms with Crippen LogP contribution in [-0.2, 0) is 19.1 Å². The molecule has 4 nitrogen and oxygen atoms in total. The van der Waals surface area contributed by atoms with Crippen LogP contribution in [-0.4, -0.2) is 25.7 Å². The van der Waals surface area contributed by atoms with E-state index in [0.29, 0.717) is 0 Å². The maximum atomic E-state index is 11.8. The Kier molecular flexibility index (Phi) is 2.50. The summed E-state index contributed by atoms with van der Waals surface area (Å²) in [6, 6.07) is 0. The zero-order chi connectivity index (χ0) is 10.9. The number of hydrogen-bond acceptors (Lipinski definition) is 4. The van der Waals surface area contributed by atoms with Gasteiger partial charge in [0.05, 0.1) is 7.11 Å². The third-order valence-corrected chi connectivity index (χ3v) is 3.24. The van der Waals surface area contributed by atoms with Crippen molar-refractivity contribution in [3.63, 3.8) is 0 Å². The lowest BCUT2D eigenvalue weighted by Gasteiger charge is -2.38. The van der Waals surface area contributed by atoms with E-state index in [1.165, 1.54) is 13.2 Å². The van der Waals surface area contributed by atoms with Gasteiger partial charge in [-0.1, -0.05) is 6.42 Å². The number of carbonyl (C=O) groups excluding carboxylic acids is 2. The van der Waals surface area contributed by atoms with E-state index >= 15 is 0 Å². The minimum atomic E-state index is -0.680. The molecule has 1 unspecified atom stereocenters. The molecule has 2 rings (SSSR count). The Morgan fingerprint density at radius 2 is 2.33 bits per heavy atom. The van der Waals surface area contributed by atoms with Gasteiger partial charge in [0.15, 0.2) is 0 Å². The SMILES string of the molecule is COC(=O)C12CCCCC1=CC(=O)OC2. The van der Waals surface area contributed by atoms with Crippen molar-refractivity contribution in [2.24, 2.45) is 5.41 Å². The Morgan fingerprint density at radius 3 is 3.07 bits per heavy atom. The second-order valence-corrected chi connectivity index (χ2v) is 4.06. The summed E-state index contributed by atoms with van der Waals surface area (Å²) in [4.78, 5) is 22.9. The van der Waals surface area contributed by atoms with Crippen LogP contribution in [0.1, 0.15) is 25.7 Å². The van der Waals surface area contributed by atoms with Crippen LogP contribution in [0.15, 0.2) is 11.6 Å². The average Bonchev–Trinajstić information content (AvgIpc) is 2.28. The molecule has 0 aromatic heterocycles. The minimum absolute atomic E-state index is 0.143. The van der Waals surface area contributed by atoms with Crippen molar-refractivity contribution >= 4 is 11.9 Å². The second-order valence-electron chi connectivity index (χ2n) is 4.06. The van der Waals surface area contributed by atoms with E-state index in [-0.39, 0.29) is 18.5 Å². The predicted octanol–water partition coefficient (Wildman–Crippen LogP) is 1.20. The van der Waals surface area contributed by atoms with Crippen molar-refractivity contribution in [1.29, 1.82) is 0 Å². The first-order valence-corrected chi connectivity index (χ1v) is 5.15. The van der Waals surface area contributed by atoms with Gasteiger partial charge in [0.2, 0.25) is 0 Å². The number of esters is 2. The zero-order valence-corrected chi connectivity index (χ0v) is 8.75. The molecule has 4 heteroatoms. The van der Waals surface area contributed by atoms with Gasteiger partial charge >= 0.3 is 11.9 Å².